The van der Waals surface area contributed by atoms with E-state index >= 15 is 0 Å². The minimum absolute atomic E-state index is 0.919. The lowest BCUT2D eigenvalue weighted by molar-refractivity contribution is 1.32. The Morgan fingerprint density at radius 2 is 0.960 bits per heavy atom. The molecule has 0 aliphatic rings. The van der Waals surface area contributed by atoms with Gasteiger partial charge in [-0.2, -0.15) is 0 Å². The molecule has 0 bridgehead atoms. The second kappa shape index (κ2) is 11.5. The molecule has 0 saturated carbocycles. The summed E-state index contributed by atoms with van der Waals surface area (Å²) in [5, 5.41) is 9.37. The molecule has 50 heavy (non-hydrogen) atoms. The third-order valence-electron chi connectivity index (χ3n) is 9.92. The fourth-order valence-corrected chi connectivity index (χ4v) is 7.42. The number of rotatable bonds is 4. The predicted molar refractivity (Wildman–Crippen MR) is 209 cm³/mol. The van der Waals surface area contributed by atoms with Gasteiger partial charge in [-0.15, -0.1) is 0 Å². The van der Waals surface area contributed by atoms with Gasteiger partial charge in [0.2, 0.25) is 0 Å². The van der Waals surface area contributed by atoms with Gasteiger partial charge in [-0.25, -0.2) is 4.98 Å². The van der Waals surface area contributed by atoms with Gasteiger partial charge in [-0.3, -0.25) is 9.97 Å². The van der Waals surface area contributed by atoms with Gasteiger partial charge in [0.05, 0.1) is 22.4 Å². The first-order chi connectivity index (χ1) is 24.8. The van der Waals surface area contributed by atoms with Crippen LogP contribution in [0.1, 0.15) is 0 Å². The first-order valence-electron chi connectivity index (χ1n) is 16.9. The Hall–Kier alpha value is -6.71. The van der Waals surface area contributed by atoms with E-state index in [9.17, 15) is 0 Å². The zero-order chi connectivity index (χ0) is 33.0. The standard InChI is InChI=1S/C47H29N3/c1-3-11-32-25-34(19-17-30(32)9-1)41-27-43-42(36-21-22-45(49-29-36)39-23-24-48-44-16-8-7-14-38(39)44)28-46(50-47(43)40-15-6-5-13-37(40)41)35-20-18-31-10-2-4-12-33(31)26-35/h1-29H. The first kappa shape index (κ1) is 28.3. The normalized spacial score (nSPS) is 11.6. The maximum absolute atomic E-state index is 5.42. The lowest BCUT2D eigenvalue weighted by atomic mass is 9.90. The molecule has 7 aromatic carbocycles. The lowest BCUT2D eigenvalue weighted by Gasteiger charge is -2.16. The van der Waals surface area contributed by atoms with Crippen LogP contribution in [0, 0.1) is 0 Å². The van der Waals surface area contributed by atoms with Crippen molar-refractivity contribution in [2.75, 3.05) is 0 Å². The summed E-state index contributed by atoms with van der Waals surface area (Å²) >= 11 is 0. The Bertz CT molecular complexity index is 2920. The molecule has 0 unspecified atom stereocenters. The highest BCUT2D eigenvalue weighted by atomic mass is 14.7. The lowest BCUT2D eigenvalue weighted by Crippen LogP contribution is -1.94. The quantitative estimate of drug-likeness (QED) is 0.181. The number of hydrogen-bond acceptors (Lipinski definition) is 3. The summed E-state index contributed by atoms with van der Waals surface area (Å²) in [6, 6.07) is 58.2. The average molecular weight is 636 g/mol. The molecule has 0 fully saturated rings. The average Bonchev–Trinajstić information content (AvgIpc) is 3.19. The molecule has 3 heterocycles. The second-order valence-corrected chi connectivity index (χ2v) is 12.9. The SMILES string of the molecule is c1ccc2cc(-c3cc(-c4ccc(-c5ccnc6ccccc56)nc4)c4cc(-c5ccc6ccccc6c5)c5ccccc5c4n3)ccc2c1. The number of fused-ring (bicyclic) bond motifs is 6. The predicted octanol–water partition coefficient (Wildman–Crippen LogP) is 12.3. The Labute approximate surface area is 289 Å². The smallest absolute Gasteiger partial charge is 0.0794 e. The maximum Gasteiger partial charge on any atom is 0.0794 e. The van der Waals surface area contributed by atoms with E-state index in [0.717, 1.165) is 60.8 Å². The zero-order valence-electron chi connectivity index (χ0n) is 27.1. The van der Waals surface area contributed by atoms with Crippen molar-refractivity contribution in [1.29, 1.82) is 0 Å². The highest BCUT2D eigenvalue weighted by molar-refractivity contribution is 6.16. The monoisotopic (exact) mass is 635 g/mol. The molecule has 0 aliphatic carbocycles. The van der Waals surface area contributed by atoms with Gasteiger partial charge in [-0.1, -0.05) is 121 Å². The van der Waals surface area contributed by atoms with E-state index in [4.69, 9.17) is 9.97 Å². The van der Waals surface area contributed by atoms with Crippen molar-refractivity contribution >= 4 is 54.1 Å². The zero-order valence-corrected chi connectivity index (χ0v) is 27.1. The van der Waals surface area contributed by atoms with Crippen LogP contribution in [0.15, 0.2) is 176 Å². The van der Waals surface area contributed by atoms with E-state index in [1.54, 1.807) is 0 Å². The molecule has 0 saturated heterocycles. The van der Waals surface area contributed by atoms with Gasteiger partial charge in [0.25, 0.3) is 0 Å². The van der Waals surface area contributed by atoms with E-state index in [2.05, 4.69) is 151 Å². The van der Waals surface area contributed by atoms with Crippen molar-refractivity contribution in [2.45, 2.75) is 0 Å². The van der Waals surface area contributed by atoms with Crippen LogP contribution in [0.5, 0.6) is 0 Å². The molecule has 0 aliphatic heterocycles. The number of aromatic nitrogens is 3. The van der Waals surface area contributed by atoms with Crippen LogP contribution in [0.4, 0.5) is 0 Å². The van der Waals surface area contributed by atoms with E-state index in [-0.39, 0.29) is 0 Å². The number of hydrogen-bond donors (Lipinski definition) is 0. The molecule has 10 rings (SSSR count). The van der Waals surface area contributed by atoms with Crippen molar-refractivity contribution < 1.29 is 0 Å². The summed E-state index contributed by atoms with van der Waals surface area (Å²) in [6.45, 7) is 0. The molecular weight excluding hydrogens is 607 g/mol. The highest BCUT2D eigenvalue weighted by Crippen LogP contribution is 2.41. The van der Waals surface area contributed by atoms with Gasteiger partial charge in [0.1, 0.15) is 0 Å². The van der Waals surface area contributed by atoms with E-state index < -0.39 is 0 Å². The summed E-state index contributed by atoms with van der Waals surface area (Å²) in [5.41, 5.74) is 10.5. The van der Waals surface area contributed by atoms with E-state index in [1.807, 2.05) is 30.6 Å². The maximum atomic E-state index is 5.42. The number of nitrogens with zero attached hydrogens (tertiary/aromatic N) is 3. The Kier molecular flexibility index (Phi) is 6.49. The summed E-state index contributed by atoms with van der Waals surface area (Å²) in [4.78, 5) is 15.0. The molecule has 10 aromatic rings. The van der Waals surface area contributed by atoms with Crippen LogP contribution in [0.25, 0.3) is 98.9 Å². The van der Waals surface area contributed by atoms with Crippen LogP contribution in [-0.4, -0.2) is 15.0 Å². The Morgan fingerprint density at radius 1 is 0.340 bits per heavy atom. The van der Waals surface area contributed by atoms with Gasteiger partial charge in [-0.05, 0) is 86.1 Å². The molecule has 0 atom stereocenters. The molecule has 0 amide bonds. The molecule has 3 aromatic heterocycles. The Balaban J connectivity index is 1.23. The number of pyridine rings is 3. The molecule has 232 valence electrons. The van der Waals surface area contributed by atoms with Gasteiger partial charge in [0, 0.05) is 45.2 Å². The largest absolute Gasteiger partial charge is 0.256 e. The third kappa shape index (κ3) is 4.71. The summed E-state index contributed by atoms with van der Waals surface area (Å²) in [5.74, 6) is 0. The Morgan fingerprint density at radius 3 is 1.72 bits per heavy atom. The minimum atomic E-state index is 0.919. The van der Waals surface area contributed by atoms with Gasteiger partial charge < -0.3 is 0 Å². The molecule has 0 spiro atoms. The van der Waals surface area contributed by atoms with Crippen LogP contribution in [-0.2, 0) is 0 Å². The summed E-state index contributed by atoms with van der Waals surface area (Å²) < 4.78 is 0. The molecule has 3 heteroatoms. The van der Waals surface area contributed by atoms with Gasteiger partial charge >= 0.3 is 0 Å². The fourth-order valence-electron chi connectivity index (χ4n) is 7.42. The molecular formula is C47H29N3. The number of benzene rings is 7. The van der Waals surface area contributed by atoms with E-state index in [1.165, 1.54) is 38.1 Å². The highest BCUT2D eigenvalue weighted by Gasteiger charge is 2.17. The third-order valence-corrected chi connectivity index (χ3v) is 9.92. The summed E-state index contributed by atoms with van der Waals surface area (Å²) in [7, 11) is 0. The molecule has 0 radical (unpaired) electrons. The topological polar surface area (TPSA) is 38.7 Å². The van der Waals surface area contributed by atoms with E-state index in [0.29, 0.717) is 0 Å². The number of para-hydroxylation sites is 1. The molecule has 3 nitrogen and oxygen atoms in total. The van der Waals surface area contributed by atoms with Crippen molar-refractivity contribution in [3.63, 3.8) is 0 Å². The van der Waals surface area contributed by atoms with Gasteiger partial charge in [0.15, 0.2) is 0 Å². The van der Waals surface area contributed by atoms with Crippen molar-refractivity contribution in [2.24, 2.45) is 0 Å². The van der Waals surface area contributed by atoms with Crippen LogP contribution in [0.2, 0.25) is 0 Å². The molecule has 0 N–H and O–H groups in total. The van der Waals surface area contributed by atoms with Crippen LogP contribution < -0.4 is 0 Å². The van der Waals surface area contributed by atoms with Crippen molar-refractivity contribution in [1.82, 2.24) is 15.0 Å². The van der Waals surface area contributed by atoms with Crippen LogP contribution >= 0.6 is 0 Å². The van der Waals surface area contributed by atoms with Crippen LogP contribution in [0.3, 0.4) is 0 Å². The second-order valence-electron chi connectivity index (χ2n) is 12.9. The fraction of sp³-hybridized carbons (Fsp3) is 0. The first-order valence-corrected chi connectivity index (χ1v) is 16.9. The van der Waals surface area contributed by atoms with Crippen molar-refractivity contribution in [3.05, 3.63) is 176 Å². The minimum Gasteiger partial charge on any atom is -0.256 e. The van der Waals surface area contributed by atoms with Crippen molar-refractivity contribution in [3.8, 4) is 44.8 Å². The summed E-state index contributed by atoms with van der Waals surface area (Å²) in [6.07, 6.45) is 3.87.